The second-order valence-electron chi connectivity index (χ2n) is 10.8. The number of carbonyl (C=O) groups is 2. The first-order valence-electron chi connectivity index (χ1n) is 14.1. The molecule has 8 heteroatoms. The third-order valence-corrected chi connectivity index (χ3v) is 7.48. The van der Waals surface area contributed by atoms with E-state index in [9.17, 15) is 9.59 Å². The van der Waals surface area contributed by atoms with Gasteiger partial charge in [-0.05, 0) is 54.3 Å². The normalized spacial score (nSPS) is 15.2. The van der Waals surface area contributed by atoms with E-state index in [4.69, 9.17) is 0 Å². The summed E-state index contributed by atoms with van der Waals surface area (Å²) in [4.78, 5) is 38.6. The number of aromatic amines is 1. The lowest BCUT2D eigenvalue weighted by molar-refractivity contribution is -0.116. The summed E-state index contributed by atoms with van der Waals surface area (Å²) in [6.07, 6.45) is 8.85. The molecular weight excluding hydrogens is 488 g/mol. The Morgan fingerprint density at radius 1 is 1.00 bits per heavy atom. The van der Waals surface area contributed by atoms with Crippen LogP contribution in [0.3, 0.4) is 0 Å². The van der Waals surface area contributed by atoms with Crippen molar-refractivity contribution in [1.29, 1.82) is 0 Å². The van der Waals surface area contributed by atoms with Crippen LogP contribution >= 0.6 is 0 Å². The van der Waals surface area contributed by atoms with Gasteiger partial charge in [0.05, 0.1) is 17.6 Å². The quantitative estimate of drug-likeness (QED) is 0.359. The van der Waals surface area contributed by atoms with Gasteiger partial charge in [0.2, 0.25) is 5.91 Å². The molecule has 2 aromatic heterocycles. The summed E-state index contributed by atoms with van der Waals surface area (Å²) < 4.78 is 1.88. The van der Waals surface area contributed by atoms with E-state index < -0.39 is 0 Å². The Labute approximate surface area is 230 Å². The van der Waals surface area contributed by atoms with Gasteiger partial charge in [-0.1, -0.05) is 45.2 Å². The second-order valence-corrected chi connectivity index (χ2v) is 10.8. The highest BCUT2D eigenvalue weighted by Gasteiger charge is 2.22. The number of hydrogen-bond acceptors (Lipinski definition) is 4. The molecule has 204 valence electrons. The smallest absolute Gasteiger partial charge is 0.254 e. The molecule has 2 amide bonds. The van der Waals surface area contributed by atoms with Crippen molar-refractivity contribution in [2.75, 3.05) is 18.0 Å². The number of imidazole rings is 1. The monoisotopic (exact) mass is 526 g/mol. The Hall–Kier alpha value is -3.94. The standard InChI is InChI=1S/C31H38N6O2/c1-22(2)30-33-27-13-12-25(19-28(27)34-30)31(39)35-15-7-5-4-6-8-17-37(23(3)38)29-18-24(10-11-26(29)21-35)20-36-16-9-14-32-36/h9-14,16,18-19,22H,4-8,15,17,20-21H2,1-3H3,(H,33,34). The number of hydrogen-bond donors (Lipinski definition) is 1. The van der Waals surface area contributed by atoms with Crippen LogP contribution in [0.4, 0.5) is 5.69 Å². The second kappa shape index (κ2) is 11.8. The number of aromatic nitrogens is 4. The number of fused-ring (bicyclic) bond motifs is 2. The number of benzene rings is 2. The first kappa shape index (κ1) is 26.7. The van der Waals surface area contributed by atoms with Crippen LogP contribution in [-0.4, -0.2) is 49.6 Å². The number of anilines is 1. The van der Waals surface area contributed by atoms with Crippen LogP contribution in [-0.2, 0) is 17.9 Å². The predicted molar refractivity (Wildman–Crippen MR) is 154 cm³/mol. The molecule has 4 aromatic rings. The summed E-state index contributed by atoms with van der Waals surface area (Å²) in [6, 6.07) is 13.9. The lowest BCUT2D eigenvalue weighted by atomic mass is 10.0. The van der Waals surface area contributed by atoms with Crippen molar-refractivity contribution in [3.05, 3.63) is 77.4 Å². The summed E-state index contributed by atoms with van der Waals surface area (Å²) in [5.74, 6) is 1.22. The van der Waals surface area contributed by atoms with E-state index >= 15 is 0 Å². The Morgan fingerprint density at radius 2 is 1.79 bits per heavy atom. The Balaban J connectivity index is 1.49. The molecule has 0 radical (unpaired) electrons. The van der Waals surface area contributed by atoms with E-state index in [0.29, 0.717) is 31.7 Å². The van der Waals surface area contributed by atoms with Gasteiger partial charge in [0.1, 0.15) is 5.82 Å². The van der Waals surface area contributed by atoms with E-state index in [0.717, 1.165) is 65.8 Å². The van der Waals surface area contributed by atoms with Crippen LogP contribution in [0.1, 0.15) is 86.1 Å². The van der Waals surface area contributed by atoms with Gasteiger partial charge in [0, 0.05) is 56.1 Å². The van der Waals surface area contributed by atoms with Crippen molar-refractivity contribution in [3.63, 3.8) is 0 Å². The fraction of sp³-hybridized carbons (Fsp3) is 0.419. The van der Waals surface area contributed by atoms with Gasteiger partial charge in [0.25, 0.3) is 5.91 Å². The summed E-state index contributed by atoms with van der Waals surface area (Å²) in [7, 11) is 0. The lowest BCUT2D eigenvalue weighted by Gasteiger charge is -2.29. The molecule has 1 aliphatic rings. The van der Waals surface area contributed by atoms with Crippen LogP contribution in [0.15, 0.2) is 54.9 Å². The molecule has 0 fully saturated rings. The van der Waals surface area contributed by atoms with Crippen LogP contribution in [0, 0.1) is 0 Å². The van der Waals surface area contributed by atoms with Gasteiger partial charge in [0.15, 0.2) is 0 Å². The third-order valence-electron chi connectivity index (χ3n) is 7.48. The van der Waals surface area contributed by atoms with Crippen LogP contribution in [0.25, 0.3) is 11.0 Å². The Kier molecular flexibility index (Phi) is 8.10. The topological polar surface area (TPSA) is 87.1 Å². The SMILES string of the molecule is CC(=O)N1CCCCCCCN(C(=O)c2ccc3nc(C(C)C)[nH]c3c2)Cc2ccc(Cn3cccn3)cc21. The molecule has 0 saturated heterocycles. The maximum atomic E-state index is 13.9. The largest absolute Gasteiger partial charge is 0.342 e. The highest BCUT2D eigenvalue weighted by Crippen LogP contribution is 2.28. The van der Waals surface area contributed by atoms with Crippen molar-refractivity contribution in [3.8, 4) is 0 Å². The fourth-order valence-corrected chi connectivity index (χ4v) is 5.30. The number of amides is 2. The first-order valence-corrected chi connectivity index (χ1v) is 14.1. The zero-order chi connectivity index (χ0) is 27.4. The molecule has 0 saturated carbocycles. The number of rotatable bonds is 4. The number of nitrogens with one attached hydrogen (secondary N) is 1. The molecule has 1 N–H and O–H groups in total. The summed E-state index contributed by atoms with van der Waals surface area (Å²) in [5.41, 5.74) is 5.33. The van der Waals surface area contributed by atoms with Crippen LogP contribution < -0.4 is 4.90 Å². The molecule has 1 aliphatic heterocycles. The Bertz CT molecular complexity index is 1440. The third kappa shape index (κ3) is 6.21. The maximum Gasteiger partial charge on any atom is 0.254 e. The van der Waals surface area contributed by atoms with Gasteiger partial charge < -0.3 is 14.8 Å². The van der Waals surface area contributed by atoms with Crippen LogP contribution in [0.5, 0.6) is 0 Å². The number of nitrogens with zero attached hydrogens (tertiary/aromatic N) is 5. The molecule has 2 aromatic carbocycles. The molecular formula is C31H38N6O2. The minimum Gasteiger partial charge on any atom is -0.342 e. The van der Waals surface area contributed by atoms with Crippen molar-refractivity contribution < 1.29 is 9.59 Å². The molecule has 3 heterocycles. The minimum atomic E-state index is -0.00407. The zero-order valence-electron chi connectivity index (χ0n) is 23.2. The molecule has 0 atom stereocenters. The number of carbonyl (C=O) groups excluding carboxylic acids is 2. The average Bonchev–Trinajstić information content (AvgIpc) is 3.58. The van der Waals surface area contributed by atoms with Gasteiger partial charge >= 0.3 is 0 Å². The average molecular weight is 527 g/mol. The van der Waals surface area contributed by atoms with E-state index in [1.54, 1.807) is 13.1 Å². The molecule has 8 nitrogen and oxygen atoms in total. The van der Waals surface area contributed by atoms with E-state index in [2.05, 4.69) is 47.1 Å². The highest BCUT2D eigenvalue weighted by atomic mass is 16.2. The summed E-state index contributed by atoms with van der Waals surface area (Å²) >= 11 is 0. The molecule has 0 spiro atoms. The van der Waals surface area contributed by atoms with E-state index in [-0.39, 0.29) is 17.7 Å². The van der Waals surface area contributed by atoms with Crippen molar-refractivity contribution >= 4 is 28.5 Å². The summed E-state index contributed by atoms with van der Waals surface area (Å²) in [6.45, 7) is 8.24. The first-order chi connectivity index (χ1) is 18.9. The molecule has 5 rings (SSSR count). The Morgan fingerprint density at radius 3 is 2.54 bits per heavy atom. The highest BCUT2D eigenvalue weighted by molar-refractivity contribution is 5.97. The van der Waals surface area contributed by atoms with Gasteiger partial charge in [-0.3, -0.25) is 14.3 Å². The van der Waals surface area contributed by atoms with E-state index in [1.165, 1.54) is 0 Å². The van der Waals surface area contributed by atoms with Gasteiger partial charge in [-0.15, -0.1) is 0 Å². The molecule has 39 heavy (non-hydrogen) atoms. The fourth-order valence-electron chi connectivity index (χ4n) is 5.30. The molecule has 0 bridgehead atoms. The van der Waals surface area contributed by atoms with Gasteiger partial charge in [-0.25, -0.2) is 4.98 Å². The molecule has 0 unspecified atom stereocenters. The molecule has 0 aliphatic carbocycles. The summed E-state index contributed by atoms with van der Waals surface area (Å²) in [5, 5.41) is 4.34. The lowest BCUT2D eigenvalue weighted by Crippen LogP contribution is -2.35. The predicted octanol–water partition coefficient (Wildman–Crippen LogP) is 5.89. The van der Waals surface area contributed by atoms with Crippen molar-refractivity contribution in [2.24, 2.45) is 0 Å². The minimum absolute atomic E-state index is 0.00407. The van der Waals surface area contributed by atoms with Crippen LogP contribution in [0.2, 0.25) is 0 Å². The zero-order valence-corrected chi connectivity index (χ0v) is 23.2. The number of H-pyrrole nitrogens is 1. The van der Waals surface area contributed by atoms with E-state index in [1.807, 2.05) is 44.9 Å². The van der Waals surface area contributed by atoms with Crippen molar-refractivity contribution in [1.82, 2.24) is 24.6 Å². The van der Waals surface area contributed by atoms with Crippen molar-refractivity contribution in [2.45, 2.75) is 71.9 Å². The van der Waals surface area contributed by atoms with Gasteiger partial charge in [-0.2, -0.15) is 5.10 Å². The maximum absolute atomic E-state index is 13.9.